The van der Waals surface area contributed by atoms with Crippen molar-refractivity contribution in [1.29, 1.82) is 0 Å². The van der Waals surface area contributed by atoms with Gasteiger partial charge in [-0.05, 0) is 0 Å². The number of hydrogen-bond donors (Lipinski definition) is 4. The fraction of sp³-hybridized carbons (Fsp3) is 0. The van der Waals surface area contributed by atoms with Crippen molar-refractivity contribution < 1.29 is 455 Å². The molecule has 0 spiro atoms. The Balaban J connectivity index is -0.0000000723. The van der Waals surface area contributed by atoms with Crippen molar-refractivity contribution in [1.82, 2.24) is 0 Å². The summed E-state index contributed by atoms with van der Waals surface area (Å²) >= 11 is -72.3. The van der Waals surface area contributed by atoms with Gasteiger partial charge in [0.05, 0.1) is 0 Å². The molecule has 0 aliphatic rings. The third kappa shape index (κ3) is 90.2. The molecule has 0 bridgehead atoms. The van der Waals surface area contributed by atoms with Gasteiger partial charge >= 0.3 is 445 Å². The SMILES string of the molecule is O[Si](O)(O)O.[Na+].[Na+].[Na+].[Na+].[O]=[W](=[O])[O][W](=[O])(=[O])[O][W](=[O])(=[O])[O-].[O]=[W](=[O])[O][W](=[O])(=[O])[O][W](=[O])(=[O])[O-].[O]=[W](=[O])[O][W](=[O])(=[O])[O][W](=[O])(=[O])[O-].[O]=[W](=[O])[O][W](=[O])(=[O])[O][W](=[O])(=[O])[O-]. The van der Waals surface area contributed by atoms with E-state index in [1.54, 1.807) is 0 Å². The van der Waals surface area contributed by atoms with Crippen LogP contribution in [0.3, 0.4) is 0 Å². The van der Waals surface area contributed by atoms with Crippen molar-refractivity contribution in [3.8, 4) is 0 Å². The van der Waals surface area contributed by atoms with Crippen LogP contribution in [0.4, 0.5) is 0 Å². The molecule has 0 saturated heterocycles. The molecule has 0 aromatic carbocycles. The van der Waals surface area contributed by atoms with Crippen LogP contribution in [-0.2, 0) is 302 Å². The first-order valence-electron chi connectivity index (χ1n) is 8.23. The number of hydrogen-bond acceptors (Lipinski definition) is 40. The van der Waals surface area contributed by atoms with Gasteiger partial charge in [0.15, 0.2) is 0 Å². The molecule has 0 saturated carbocycles. The van der Waals surface area contributed by atoms with Gasteiger partial charge in [0.1, 0.15) is 0 Å². The second-order valence-electron chi connectivity index (χ2n) is 5.23. The van der Waals surface area contributed by atoms with Gasteiger partial charge in [-0.1, -0.05) is 0 Å². The predicted molar refractivity (Wildman–Crippen MR) is 39.8 cm³/mol. The Morgan fingerprint density at radius 1 is 0.316 bits per heavy atom. The summed E-state index contributed by atoms with van der Waals surface area (Å²) in [6.07, 6.45) is 0. The molecule has 57 heteroatoms. The van der Waals surface area contributed by atoms with Crippen LogP contribution in [0.15, 0.2) is 0 Å². The van der Waals surface area contributed by atoms with E-state index in [9.17, 15) is 96.6 Å². The molecule has 0 aromatic rings. The molecule has 4 N–H and O–H groups in total. The van der Waals surface area contributed by atoms with Gasteiger partial charge in [-0.25, -0.2) is 0 Å². The summed E-state index contributed by atoms with van der Waals surface area (Å²) in [6.45, 7) is 0. The van der Waals surface area contributed by atoms with Crippen LogP contribution in [0, 0.1) is 0 Å². The Labute approximate surface area is 452 Å². The van der Waals surface area contributed by atoms with Gasteiger partial charge in [-0.3, -0.25) is 0 Å². The van der Waals surface area contributed by atoms with Gasteiger partial charge in [-0.15, -0.1) is 0 Å². The normalized spacial score (nSPS) is 11.8. The molecule has 0 amide bonds. The third-order valence-corrected chi connectivity index (χ3v) is 81.9. The Morgan fingerprint density at radius 3 is 0.456 bits per heavy atom. The monoisotopic (exact) mass is 2970 g/mol. The van der Waals surface area contributed by atoms with Gasteiger partial charge in [0.25, 0.3) is 0 Å². The van der Waals surface area contributed by atoms with Crippen LogP contribution in [0.1, 0.15) is 0 Å². The van der Waals surface area contributed by atoms with E-state index >= 15 is 0 Å². The van der Waals surface area contributed by atoms with E-state index in [0.717, 1.165) is 0 Å². The fourth-order valence-corrected chi connectivity index (χ4v) is 70.5. The molecule has 0 atom stereocenters. The van der Waals surface area contributed by atoms with E-state index in [1.165, 1.54) is 0 Å². The van der Waals surface area contributed by atoms with E-state index in [2.05, 4.69) is 16.3 Å². The van der Waals surface area contributed by atoms with E-state index < -0.39 is 213 Å². The average molecular weight is 2970 g/mol. The van der Waals surface area contributed by atoms with Gasteiger partial charge < -0.3 is 19.2 Å². The molecule has 0 fully saturated rings. The van der Waals surface area contributed by atoms with E-state index in [-0.39, 0.29) is 118 Å². The van der Waals surface area contributed by atoms with E-state index in [4.69, 9.17) is 19.2 Å². The molecule has 57 heavy (non-hydrogen) atoms. The summed E-state index contributed by atoms with van der Waals surface area (Å²) in [4.78, 5) is 29.3. The van der Waals surface area contributed by atoms with Gasteiger partial charge in [-0.2, -0.15) is 0 Å². The predicted octanol–water partition coefficient (Wildman–Crippen LogP) is -22.8. The zero-order valence-corrected chi connectivity index (χ0v) is 70.1. The number of rotatable bonds is 16. The van der Waals surface area contributed by atoms with Crippen LogP contribution in [0.2, 0.25) is 0 Å². The van der Waals surface area contributed by atoms with Crippen molar-refractivity contribution in [2.24, 2.45) is 0 Å². The molecule has 0 heterocycles. The Kier molecular flexibility index (Phi) is 54.4. The Hall–Kier alpha value is 7.04. The first kappa shape index (κ1) is 84.0. The third-order valence-electron chi connectivity index (χ3n) is 1.22. The molecule has 0 rings (SSSR count). The van der Waals surface area contributed by atoms with E-state index in [1.807, 2.05) is 0 Å². The molecule has 324 valence electrons. The zero-order chi connectivity index (χ0) is 44.5. The molecule has 0 unspecified atom stereocenters. The quantitative estimate of drug-likeness (QED) is 0.104. The maximum atomic E-state index is 10.2. The first-order valence-corrected chi connectivity index (χ1v) is 62.7. The van der Waals surface area contributed by atoms with Crippen LogP contribution in [-0.4, -0.2) is 28.2 Å². The first-order chi connectivity index (χ1) is 22.5. The van der Waals surface area contributed by atoms with Crippen LogP contribution in [0.5, 0.6) is 0 Å². The summed E-state index contributed by atoms with van der Waals surface area (Å²) in [5.74, 6) is 0. The summed E-state index contributed by atoms with van der Waals surface area (Å²) in [5.41, 5.74) is 0. The second kappa shape index (κ2) is 36.9. The van der Waals surface area contributed by atoms with Crippen LogP contribution < -0.4 is 133 Å². The summed E-state index contributed by atoms with van der Waals surface area (Å²) in [7, 11) is -4.61. The summed E-state index contributed by atoms with van der Waals surface area (Å²) in [5, 5.41) is 0. The molecular weight excluding hydrogens is 2970 g/mol. The average Bonchev–Trinajstić information content (AvgIpc) is 2.61. The molecular formula is H4Na4O40SiW12. The minimum atomic E-state index is -6.68. The standard InChI is InChI=1S/4Na.H4O4Si.36O.12W/c;;;;1-5(2,3)4;;;;;;;;;;;;;;;;;;;;;;;;;;;;;;;;;;;;;;;;;;;;;;;;/h;;;;1-4H;;;;;;;;;;;;;;;;;;;;;;;;;;;;;;;;;;;;;;;;;;;;;;;;/q4*+1;;;;;;;;;;;;;;;;;;;;;;;;;;;;;;;;;;4*-1;;;;;;;;;;;;. The molecule has 0 aromatic heterocycles. The van der Waals surface area contributed by atoms with Crippen LogP contribution in [0.25, 0.3) is 0 Å². The van der Waals surface area contributed by atoms with E-state index in [0.29, 0.717) is 0 Å². The van der Waals surface area contributed by atoms with Crippen molar-refractivity contribution in [3.63, 3.8) is 0 Å². The van der Waals surface area contributed by atoms with Crippen molar-refractivity contribution in [2.45, 2.75) is 0 Å². The van der Waals surface area contributed by atoms with Crippen LogP contribution >= 0.6 is 0 Å². The Morgan fingerprint density at radius 2 is 0.404 bits per heavy atom. The second-order valence-corrected chi connectivity index (χ2v) is 71.7. The molecule has 0 aliphatic carbocycles. The topological polar surface area (TPSA) is 657 Å². The van der Waals surface area contributed by atoms with Crippen molar-refractivity contribution in [2.75, 3.05) is 0 Å². The fourth-order valence-electron chi connectivity index (χ4n) is 0.726. The zero-order valence-electron chi connectivity index (χ0n) is 25.9. The van der Waals surface area contributed by atoms with Gasteiger partial charge in [0.2, 0.25) is 0 Å². The van der Waals surface area contributed by atoms with Crippen molar-refractivity contribution >= 4 is 9.05 Å². The summed E-state index contributed by atoms with van der Waals surface area (Å²) in [6, 6.07) is 0. The van der Waals surface area contributed by atoms with Gasteiger partial charge in [0, 0.05) is 0 Å². The molecule has 0 aliphatic heterocycles. The maximum absolute atomic E-state index is 10.2. The minimum absolute atomic E-state index is 0. The molecule has 40 nitrogen and oxygen atoms in total. The molecule has 0 radical (unpaired) electrons. The van der Waals surface area contributed by atoms with Crippen molar-refractivity contribution in [3.05, 3.63) is 0 Å². The summed E-state index contributed by atoms with van der Waals surface area (Å²) < 4.78 is 302. The Bertz CT molecular complexity index is 2030.